The van der Waals surface area contributed by atoms with E-state index in [0.717, 1.165) is 19.0 Å². The van der Waals surface area contributed by atoms with Crippen molar-refractivity contribution in [2.24, 2.45) is 11.3 Å². The van der Waals surface area contributed by atoms with Crippen molar-refractivity contribution in [2.45, 2.75) is 46.1 Å². The molecule has 4 heteroatoms. The maximum Gasteiger partial charge on any atom is 0.0897 e. The fourth-order valence-electron chi connectivity index (χ4n) is 3.53. The van der Waals surface area contributed by atoms with Crippen LogP contribution in [0, 0.1) is 18.3 Å². The standard InChI is InChI=1S/C16H29N3S/c1-13-5-7-16(8-6-13,11-17-3)12-19(4)9-15-10-20-14(2)18-15/h10,13,17H,5-9,11-12H2,1-4H3. The summed E-state index contributed by atoms with van der Waals surface area (Å²) in [5.41, 5.74) is 1.68. The highest BCUT2D eigenvalue weighted by Crippen LogP contribution is 2.39. The van der Waals surface area contributed by atoms with Crippen LogP contribution in [0.2, 0.25) is 0 Å². The minimum absolute atomic E-state index is 0.459. The van der Waals surface area contributed by atoms with E-state index in [0.29, 0.717) is 5.41 Å². The number of hydrogen-bond acceptors (Lipinski definition) is 4. The van der Waals surface area contributed by atoms with Crippen LogP contribution in [0.25, 0.3) is 0 Å². The van der Waals surface area contributed by atoms with Gasteiger partial charge in [0.2, 0.25) is 0 Å². The lowest BCUT2D eigenvalue weighted by atomic mass is 9.70. The molecule has 1 saturated carbocycles. The van der Waals surface area contributed by atoms with Crippen molar-refractivity contribution in [1.82, 2.24) is 15.2 Å². The molecule has 0 radical (unpaired) electrons. The van der Waals surface area contributed by atoms with Crippen LogP contribution >= 0.6 is 11.3 Å². The highest BCUT2D eigenvalue weighted by atomic mass is 32.1. The summed E-state index contributed by atoms with van der Waals surface area (Å²) in [7, 11) is 4.33. The van der Waals surface area contributed by atoms with E-state index in [1.165, 1.54) is 42.9 Å². The number of hydrogen-bond donors (Lipinski definition) is 1. The van der Waals surface area contributed by atoms with Gasteiger partial charge in [-0.15, -0.1) is 11.3 Å². The fraction of sp³-hybridized carbons (Fsp3) is 0.812. The Bertz CT molecular complexity index is 408. The summed E-state index contributed by atoms with van der Waals surface area (Å²) in [5.74, 6) is 0.909. The largest absolute Gasteiger partial charge is 0.319 e. The molecule has 3 nitrogen and oxygen atoms in total. The Morgan fingerprint density at radius 3 is 2.70 bits per heavy atom. The molecule has 1 heterocycles. The monoisotopic (exact) mass is 295 g/mol. The van der Waals surface area contributed by atoms with Crippen molar-refractivity contribution >= 4 is 11.3 Å². The number of aromatic nitrogens is 1. The van der Waals surface area contributed by atoms with Crippen LogP contribution in [-0.4, -0.2) is 37.1 Å². The van der Waals surface area contributed by atoms with Gasteiger partial charge in [0.25, 0.3) is 0 Å². The molecule has 0 bridgehead atoms. The topological polar surface area (TPSA) is 28.2 Å². The average molecular weight is 295 g/mol. The molecule has 1 N–H and O–H groups in total. The first kappa shape index (κ1) is 15.9. The third-order valence-corrected chi connectivity index (χ3v) is 5.41. The zero-order chi connectivity index (χ0) is 14.6. The van der Waals surface area contributed by atoms with Gasteiger partial charge in [0.05, 0.1) is 10.7 Å². The van der Waals surface area contributed by atoms with Crippen LogP contribution in [0.4, 0.5) is 0 Å². The molecule has 1 aromatic heterocycles. The van der Waals surface area contributed by atoms with Crippen molar-refractivity contribution in [2.75, 3.05) is 27.2 Å². The Labute approximate surface area is 127 Å². The van der Waals surface area contributed by atoms with Crippen LogP contribution in [0.1, 0.15) is 43.3 Å². The minimum Gasteiger partial charge on any atom is -0.319 e. The van der Waals surface area contributed by atoms with Crippen molar-refractivity contribution in [1.29, 1.82) is 0 Å². The van der Waals surface area contributed by atoms with Crippen LogP contribution < -0.4 is 5.32 Å². The second-order valence-corrected chi connectivity index (χ2v) is 7.81. The third-order valence-electron chi connectivity index (χ3n) is 4.59. The predicted octanol–water partition coefficient (Wildman–Crippen LogP) is 3.30. The number of aryl methyl sites for hydroxylation is 1. The lowest BCUT2D eigenvalue weighted by molar-refractivity contribution is 0.0974. The van der Waals surface area contributed by atoms with Gasteiger partial charge in [0.15, 0.2) is 0 Å². The van der Waals surface area contributed by atoms with E-state index in [1.54, 1.807) is 11.3 Å². The SMILES string of the molecule is CNCC1(CN(C)Cc2csc(C)n2)CCC(C)CC1. The number of nitrogens with zero attached hydrogens (tertiary/aromatic N) is 2. The first-order chi connectivity index (χ1) is 9.53. The maximum atomic E-state index is 4.59. The molecule has 1 aliphatic rings. The van der Waals surface area contributed by atoms with E-state index < -0.39 is 0 Å². The molecule has 2 rings (SSSR count). The van der Waals surface area contributed by atoms with Crippen LogP contribution in [0.3, 0.4) is 0 Å². The summed E-state index contributed by atoms with van der Waals surface area (Å²) in [5, 5.41) is 6.79. The van der Waals surface area contributed by atoms with Gasteiger partial charge in [0.1, 0.15) is 0 Å². The molecule has 0 spiro atoms. The van der Waals surface area contributed by atoms with E-state index in [2.05, 4.69) is 48.5 Å². The number of thiazole rings is 1. The molecule has 0 unspecified atom stereocenters. The zero-order valence-electron chi connectivity index (χ0n) is 13.4. The maximum absolute atomic E-state index is 4.59. The first-order valence-corrected chi connectivity index (χ1v) is 8.65. The third kappa shape index (κ3) is 4.27. The molecule has 1 aliphatic carbocycles. The van der Waals surface area contributed by atoms with Crippen molar-refractivity contribution in [3.63, 3.8) is 0 Å². The molecular weight excluding hydrogens is 266 g/mol. The molecule has 20 heavy (non-hydrogen) atoms. The molecule has 0 aliphatic heterocycles. The van der Waals surface area contributed by atoms with E-state index in [1.807, 2.05) is 0 Å². The average Bonchev–Trinajstić information content (AvgIpc) is 2.79. The quantitative estimate of drug-likeness (QED) is 0.873. The summed E-state index contributed by atoms with van der Waals surface area (Å²) in [6, 6.07) is 0. The van der Waals surface area contributed by atoms with Gasteiger partial charge >= 0.3 is 0 Å². The van der Waals surface area contributed by atoms with Crippen molar-refractivity contribution < 1.29 is 0 Å². The Hall–Kier alpha value is -0.450. The van der Waals surface area contributed by atoms with Crippen LogP contribution in [-0.2, 0) is 6.54 Å². The van der Waals surface area contributed by atoms with Crippen LogP contribution in [0.15, 0.2) is 5.38 Å². The summed E-state index contributed by atoms with van der Waals surface area (Å²) in [6.45, 7) is 7.77. The van der Waals surface area contributed by atoms with E-state index in [4.69, 9.17) is 0 Å². The Morgan fingerprint density at radius 1 is 1.45 bits per heavy atom. The van der Waals surface area contributed by atoms with Gasteiger partial charge in [-0.3, -0.25) is 4.90 Å². The second-order valence-electron chi connectivity index (χ2n) is 6.74. The second kappa shape index (κ2) is 7.01. The molecule has 1 aromatic rings. The first-order valence-electron chi connectivity index (χ1n) is 7.77. The van der Waals surface area contributed by atoms with Crippen molar-refractivity contribution in [3.8, 4) is 0 Å². The van der Waals surface area contributed by atoms with Gasteiger partial charge < -0.3 is 5.32 Å². The fourth-order valence-corrected chi connectivity index (χ4v) is 4.13. The van der Waals surface area contributed by atoms with Gasteiger partial charge in [-0.2, -0.15) is 0 Å². The summed E-state index contributed by atoms with van der Waals surface area (Å²) in [4.78, 5) is 7.05. The molecule has 114 valence electrons. The molecule has 1 fully saturated rings. The highest BCUT2D eigenvalue weighted by molar-refractivity contribution is 7.09. The van der Waals surface area contributed by atoms with E-state index in [-0.39, 0.29) is 0 Å². The number of rotatable bonds is 6. The molecule has 0 aromatic carbocycles. The van der Waals surface area contributed by atoms with Gasteiger partial charge in [-0.05, 0) is 45.2 Å². The lowest BCUT2D eigenvalue weighted by Crippen LogP contribution is -2.44. The summed E-state index contributed by atoms with van der Waals surface area (Å²) >= 11 is 1.75. The Balaban J connectivity index is 1.93. The summed E-state index contributed by atoms with van der Waals surface area (Å²) in [6.07, 6.45) is 5.47. The van der Waals surface area contributed by atoms with Gasteiger partial charge in [0, 0.05) is 25.0 Å². The Kier molecular flexibility index (Phi) is 5.58. The van der Waals surface area contributed by atoms with Crippen LogP contribution in [0.5, 0.6) is 0 Å². The molecule has 0 saturated heterocycles. The van der Waals surface area contributed by atoms with Gasteiger partial charge in [-0.1, -0.05) is 19.8 Å². The Morgan fingerprint density at radius 2 is 2.15 bits per heavy atom. The molecule has 0 atom stereocenters. The zero-order valence-corrected chi connectivity index (χ0v) is 14.2. The molecular formula is C16H29N3S. The summed E-state index contributed by atoms with van der Waals surface area (Å²) < 4.78 is 0. The van der Waals surface area contributed by atoms with Gasteiger partial charge in [-0.25, -0.2) is 4.98 Å². The van der Waals surface area contributed by atoms with Crippen molar-refractivity contribution in [3.05, 3.63) is 16.1 Å². The predicted molar refractivity (Wildman–Crippen MR) is 87.2 cm³/mol. The lowest BCUT2D eigenvalue weighted by Gasteiger charge is -2.42. The van der Waals surface area contributed by atoms with E-state index in [9.17, 15) is 0 Å². The van der Waals surface area contributed by atoms with E-state index >= 15 is 0 Å². The normalized spacial score (nSPS) is 27.1. The highest BCUT2D eigenvalue weighted by Gasteiger charge is 2.34. The molecule has 0 amide bonds. The minimum atomic E-state index is 0.459. The number of nitrogens with one attached hydrogen (secondary N) is 1. The smallest absolute Gasteiger partial charge is 0.0897 e.